The predicted molar refractivity (Wildman–Crippen MR) is 57.6 cm³/mol. The van der Waals surface area contributed by atoms with Crippen LogP contribution in [0.5, 0.6) is 11.5 Å². The number of benzene rings is 1. The van der Waals surface area contributed by atoms with Crippen molar-refractivity contribution in [3.63, 3.8) is 0 Å². The fourth-order valence-electron chi connectivity index (χ4n) is 1.28. The van der Waals surface area contributed by atoms with Gasteiger partial charge < -0.3 is 9.84 Å². The van der Waals surface area contributed by atoms with Gasteiger partial charge in [0.1, 0.15) is 5.75 Å². The van der Waals surface area contributed by atoms with Crippen LogP contribution in [-0.4, -0.2) is 16.1 Å². The zero-order chi connectivity index (χ0) is 13.1. The lowest BCUT2D eigenvalue weighted by atomic mass is 10.3. The fraction of sp³-hybridized carbons (Fsp3) is 0. The number of aromatic nitrogens is 1. The van der Waals surface area contributed by atoms with Crippen LogP contribution in [0.15, 0.2) is 36.7 Å². The van der Waals surface area contributed by atoms with Gasteiger partial charge in [-0.25, -0.2) is 9.18 Å². The predicted octanol–water partition coefficient (Wildman–Crippen LogP) is 2.85. The number of rotatable bonds is 3. The molecule has 1 heterocycles. The van der Waals surface area contributed by atoms with Crippen LogP contribution in [0.4, 0.5) is 8.78 Å². The van der Waals surface area contributed by atoms with Crippen LogP contribution in [0.2, 0.25) is 0 Å². The first kappa shape index (κ1) is 12.0. The first-order chi connectivity index (χ1) is 8.58. The third-order valence-electron chi connectivity index (χ3n) is 2.10. The van der Waals surface area contributed by atoms with Crippen LogP contribution < -0.4 is 4.74 Å². The quantitative estimate of drug-likeness (QED) is 0.911. The van der Waals surface area contributed by atoms with Gasteiger partial charge in [-0.15, -0.1) is 0 Å². The molecule has 0 aliphatic rings. The molecule has 0 unspecified atom stereocenters. The molecular weight excluding hydrogens is 244 g/mol. The lowest BCUT2D eigenvalue weighted by Crippen LogP contribution is -1.98. The van der Waals surface area contributed by atoms with Gasteiger partial charge in [0.2, 0.25) is 5.82 Å². The summed E-state index contributed by atoms with van der Waals surface area (Å²) in [6.45, 7) is 0. The number of halogens is 2. The second-order valence-electron chi connectivity index (χ2n) is 3.37. The molecule has 1 aromatic heterocycles. The molecule has 0 aliphatic heterocycles. The Morgan fingerprint density at radius 1 is 1.28 bits per heavy atom. The van der Waals surface area contributed by atoms with Crippen LogP contribution in [0, 0.1) is 11.6 Å². The SMILES string of the molecule is O=C(O)c1cncc(Oc2cccc(F)c2F)c1. The molecule has 18 heavy (non-hydrogen) atoms. The number of hydrogen-bond acceptors (Lipinski definition) is 3. The third kappa shape index (κ3) is 2.42. The maximum Gasteiger partial charge on any atom is 0.337 e. The standard InChI is InChI=1S/C12H7F2NO3/c13-9-2-1-3-10(11(9)14)18-8-4-7(12(16)17)5-15-6-8/h1-6H,(H,16,17). The van der Waals surface area contributed by atoms with E-state index >= 15 is 0 Å². The summed E-state index contributed by atoms with van der Waals surface area (Å²) in [5, 5.41) is 8.74. The molecule has 92 valence electrons. The Bertz CT molecular complexity index is 602. The van der Waals surface area contributed by atoms with Gasteiger partial charge in [0.15, 0.2) is 11.6 Å². The largest absolute Gasteiger partial charge is 0.478 e. The van der Waals surface area contributed by atoms with Crippen LogP contribution in [0.25, 0.3) is 0 Å². The van der Waals surface area contributed by atoms with Gasteiger partial charge in [-0.2, -0.15) is 4.39 Å². The molecule has 0 saturated heterocycles. The molecule has 0 fully saturated rings. The van der Waals surface area contributed by atoms with Gasteiger partial charge in [-0.3, -0.25) is 4.98 Å². The number of hydrogen-bond donors (Lipinski definition) is 1. The highest BCUT2D eigenvalue weighted by atomic mass is 19.2. The Kier molecular flexibility index (Phi) is 3.18. The van der Waals surface area contributed by atoms with Crippen molar-refractivity contribution in [1.82, 2.24) is 4.98 Å². The van der Waals surface area contributed by atoms with Crippen molar-refractivity contribution < 1.29 is 23.4 Å². The molecule has 0 radical (unpaired) electrons. The number of ether oxygens (including phenoxy) is 1. The van der Waals surface area contributed by atoms with E-state index in [1.54, 1.807) is 0 Å². The molecule has 1 aromatic carbocycles. The van der Waals surface area contributed by atoms with E-state index in [0.29, 0.717) is 0 Å². The molecule has 0 saturated carbocycles. The Hall–Kier alpha value is -2.50. The fourth-order valence-corrected chi connectivity index (χ4v) is 1.28. The minimum atomic E-state index is -1.19. The Balaban J connectivity index is 2.31. The zero-order valence-electron chi connectivity index (χ0n) is 8.93. The monoisotopic (exact) mass is 251 g/mol. The molecular formula is C12H7F2NO3. The van der Waals surface area contributed by atoms with Crippen LogP contribution in [0.3, 0.4) is 0 Å². The van der Waals surface area contributed by atoms with Crippen molar-refractivity contribution in [2.45, 2.75) is 0 Å². The minimum absolute atomic E-state index is 0.0133. The van der Waals surface area contributed by atoms with Crippen molar-refractivity contribution in [2.75, 3.05) is 0 Å². The Labute approximate surface area is 100 Å². The van der Waals surface area contributed by atoms with E-state index < -0.39 is 17.6 Å². The van der Waals surface area contributed by atoms with Crippen molar-refractivity contribution in [2.24, 2.45) is 0 Å². The lowest BCUT2D eigenvalue weighted by Gasteiger charge is -2.06. The van der Waals surface area contributed by atoms with Crippen LogP contribution in [-0.2, 0) is 0 Å². The van der Waals surface area contributed by atoms with E-state index in [1.165, 1.54) is 24.4 Å². The van der Waals surface area contributed by atoms with E-state index in [4.69, 9.17) is 9.84 Å². The molecule has 0 aliphatic carbocycles. The number of carboxylic acids is 1. The van der Waals surface area contributed by atoms with Crippen LogP contribution >= 0.6 is 0 Å². The van der Waals surface area contributed by atoms with Crippen LogP contribution in [0.1, 0.15) is 10.4 Å². The smallest absolute Gasteiger partial charge is 0.337 e. The zero-order valence-corrected chi connectivity index (χ0v) is 8.93. The van der Waals surface area contributed by atoms with Gasteiger partial charge in [-0.1, -0.05) is 6.07 Å². The number of aromatic carboxylic acids is 1. The maximum absolute atomic E-state index is 13.3. The lowest BCUT2D eigenvalue weighted by molar-refractivity contribution is 0.0696. The molecule has 0 spiro atoms. The summed E-state index contributed by atoms with van der Waals surface area (Å²) in [5.74, 6) is -3.69. The summed E-state index contributed by atoms with van der Waals surface area (Å²) in [7, 11) is 0. The highest BCUT2D eigenvalue weighted by molar-refractivity contribution is 5.87. The van der Waals surface area contributed by atoms with Gasteiger partial charge in [0, 0.05) is 6.20 Å². The Morgan fingerprint density at radius 3 is 2.78 bits per heavy atom. The molecule has 4 nitrogen and oxygen atoms in total. The summed E-state index contributed by atoms with van der Waals surface area (Å²) in [5.41, 5.74) is -0.107. The normalized spacial score (nSPS) is 10.1. The topological polar surface area (TPSA) is 59.4 Å². The molecule has 0 bridgehead atoms. The van der Waals surface area contributed by atoms with Gasteiger partial charge in [0.25, 0.3) is 0 Å². The average Bonchev–Trinajstić information content (AvgIpc) is 2.35. The number of nitrogens with zero attached hydrogens (tertiary/aromatic N) is 1. The summed E-state index contributed by atoms with van der Waals surface area (Å²) < 4.78 is 31.3. The van der Waals surface area contributed by atoms with Crippen molar-refractivity contribution in [3.05, 3.63) is 53.9 Å². The highest BCUT2D eigenvalue weighted by Crippen LogP contribution is 2.25. The summed E-state index contributed by atoms with van der Waals surface area (Å²) in [6.07, 6.45) is 2.33. The second-order valence-corrected chi connectivity index (χ2v) is 3.37. The highest BCUT2D eigenvalue weighted by Gasteiger charge is 2.11. The molecule has 1 N–H and O–H groups in total. The van der Waals surface area contributed by atoms with Crippen molar-refractivity contribution >= 4 is 5.97 Å². The molecule has 0 amide bonds. The van der Waals surface area contributed by atoms with Crippen molar-refractivity contribution in [3.8, 4) is 11.5 Å². The first-order valence-corrected chi connectivity index (χ1v) is 4.88. The van der Waals surface area contributed by atoms with Gasteiger partial charge in [-0.05, 0) is 18.2 Å². The molecule has 0 atom stereocenters. The molecule has 2 aromatic rings. The van der Waals surface area contributed by atoms with E-state index in [-0.39, 0.29) is 17.1 Å². The van der Waals surface area contributed by atoms with Gasteiger partial charge >= 0.3 is 5.97 Å². The summed E-state index contributed by atoms with van der Waals surface area (Å²) >= 11 is 0. The van der Waals surface area contributed by atoms with Gasteiger partial charge in [0.05, 0.1) is 11.8 Å². The Morgan fingerprint density at radius 2 is 2.06 bits per heavy atom. The molecule has 6 heteroatoms. The van der Waals surface area contributed by atoms with E-state index in [2.05, 4.69) is 4.98 Å². The number of pyridine rings is 1. The number of carbonyl (C=O) groups is 1. The minimum Gasteiger partial charge on any atom is -0.478 e. The van der Waals surface area contributed by atoms with E-state index in [9.17, 15) is 13.6 Å². The second kappa shape index (κ2) is 4.79. The summed E-state index contributed by atoms with van der Waals surface area (Å²) in [4.78, 5) is 14.3. The maximum atomic E-state index is 13.3. The van der Waals surface area contributed by atoms with E-state index in [1.807, 2.05) is 0 Å². The molecule has 2 rings (SSSR count). The van der Waals surface area contributed by atoms with E-state index in [0.717, 1.165) is 12.3 Å². The average molecular weight is 251 g/mol. The van der Waals surface area contributed by atoms with Crippen molar-refractivity contribution in [1.29, 1.82) is 0 Å². The summed E-state index contributed by atoms with van der Waals surface area (Å²) in [6, 6.07) is 4.63. The third-order valence-corrected chi connectivity index (χ3v) is 2.10. The first-order valence-electron chi connectivity index (χ1n) is 4.88. The number of carboxylic acid groups (broad SMARTS) is 1.